The molecule has 7 nitrogen and oxygen atoms in total. The lowest BCUT2D eigenvalue weighted by molar-refractivity contribution is -0.137. The summed E-state index contributed by atoms with van der Waals surface area (Å²) in [6.45, 7) is 7.55. The van der Waals surface area contributed by atoms with E-state index in [9.17, 15) is 13.2 Å². The van der Waals surface area contributed by atoms with Gasteiger partial charge in [-0.25, -0.2) is 4.98 Å². The van der Waals surface area contributed by atoms with Crippen LogP contribution in [0.15, 0.2) is 24.3 Å². The van der Waals surface area contributed by atoms with Crippen molar-refractivity contribution in [1.82, 2.24) is 14.9 Å². The standard InChI is InChI=1S/C22H26F3N7/c1-16-13-20(28-21(27-16)32-7-5-29(2)6-8-32)31-11-9-30(10-12-31)19-4-3-17(15-26)14-18(19)22(23,24)25/h3-4,13-14H,5-12H2,1-2H3. The average molecular weight is 445 g/mol. The molecule has 0 amide bonds. The number of halogens is 3. The van der Waals surface area contributed by atoms with E-state index in [0.29, 0.717) is 32.1 Å². The number of hydrogen-bond donors (Lipinski definition) is 0. The number of anilines is 3. The Balaban J connectivity index is 1.50. The van der Waals surface area contributed by atoms with E-state index >= 15 is 0 Å². The summed E-state index contributed by atoms with van der Waals surface area (Å²) in [5.74, 6) is 1.52. The van der Waals surface area contributed by atoms with Gasteiger partial charge in [0.1, 0.15) is 5.82 Å². The van der Waals surface area contributed by atoms with Gasteiger partial charge in [0, 0.05) is 69.8 Å². The van der Waals surface area contributed by atoms with Crippen molar-refractivity contribution in [3.05, 3.63) is 41.1 Å². The molecule has 3 heterocycles. The number of nitriles is 1. The summed E-state index contributed by atoms with van der Waals surface area (Å²) >= 11 is 0. The van der Waals surface area contributed by atoms with Gasteiger partial charge in [-0.3, -0.25) is 0 Å². The quantitative estimate of drug-likeness (QED) is 0.720. The lowest BCUT2D eigenvalue weighted by Crippen LogP contribution is -2.48. The van der Waals surface area contributed by atoms with E-state index in [1.165, 1.54) is 12.1 Å². The highest BCUT2D eigenvalue weighted by molar-refractivity contribution is 5.59. The maximum atomic E-state index is 13.6. The number of nitrogens with zero attached hydrogens (tertiary/aromatic N) is 7. The molecule has 0 spiro atoms. The first-order chi connectivity index (χ1) is 15.2. The van der Waals surface area contributed by atoms with E-state index < -0.39 is 11.7 Å². The van der Waals surface area contributed by atoms with Crippen molar-refractivity contribution >= 4 is 17.5 Å². The van der Waals surface area contributed by atoms with Gasteiger partial charge in [0.25, 0.3) is 0 Å². The summed E-state index contributed by atoms with van der Waals surface area (Å²) in [4.78, 5) is 17.7. The van der Waals surface area contributed by atoms with Gasteiger partial charge < -0.3 is 19.6 Å². The molecular weight excluding hydrogens is 419 g/mol. The molecule has 0 aliphatic carbocycles. The fourth-order valence-corrected chi connectivity index (χ4v) is 4.13. The number of alkyl halides is 3. The number of aromatic nitrogens is 2. The minimum Gasteiger partial charge on any atom is -0.367 e. The third-order valence-corrected chi connectivity index (χ3v) is 5.99. The van der Waals surface area contributed by atoms with Crippen LogP contribution in [0.25, 0.3) is 0 Å². The summed E-state index contributed by atoms with van der Waals surface area (Å²) in [6.07, 6.45) is -4.51. The Morgan fingerprint density at radius 2 is 1.50 bits per heavy atom. The molecule has 2 aliphatic rings. The molecule has 0 N–H and O–H groups in total. The topological polar surface area (TPSA) is 62.5 Å². The Morgan fingerprint density at radius 1 is 0.875 bits per heavy atom. The van der Waals surface area contributed by atoms with Gasteiger partial charge in [0.05, 0.1) is 17.2 Å². The zero-order valence-electron chi connectivity index (χ0n) is 18.2. The van der Waals surface area contributed by atoms with E-state index in [4.69, 9.17) is 10.2 Å². The summed E-state index contributed by atoms with van der Waals surface area (Å²) in [5, 5.41) is 8.99. The van der Waals surface area contributed by atoms with Crippen LogP contribution in [0.4, 0.5) is 30.6 Å². The first-order valence-electron chi connectivity index (χ1n) is 10.6. The van der Waals surface area contributed by atoms with Crippen LogP contribution >= 0.6 is 0 Å². The first kappa shape index (κ1) is 22.1. The van der Waals surface area contributed by atoms with Crippen molar-refractivity contribution < 1.29 is 13.2 Å². The summed E-state index contributed by atoms with van der Waals surface area (Å²) in [5.41, 5.74) is 0.235. The van der Waals surface area contributed by atoms with Crippen LogP contribution in [0.5, 0.6) is 0 Å². The Morgan fingerprint density at radius 3 is 2.12 bits per heavy atom. The van der Waals surface area contributed by atoms with Crippen LogP contribution in [-0.2, 0) is 6.18 Å². The number of piperazine rings is 2. The van der Waals surface area contributed by atoms with Gasteiger partial charge >= 0.3 is 6.18 Å². The molecule has 1 aromatic heterocycles. The highest BCUT2D eigenvalue weighted by Crippen LogP contribution is 2.37. The van der Waals surface area contributed by atoms with Gasteiger partial charge in [-0.15, -0.1) is 0 Å². The minimum atomic E-state index is -4.51. The van der Waals surface area contributed by atoms with Crippen molar-refractivity contribution in [2.24, 2.45) is 0 Å². The molecule has 0 atom stereocenters. The van der Waals surface area contributed by atoms with Crippen LogP contribution in [0.2, 0.25) is 0 Å². The molecule has 4 rings (SSSR count). The van der Waals surface area contributed by atoms with E-state index in [2.05, 4.69) is 26.7 Å². The largest absolute Gasteiger partial charge is 0.418 e. The monoisotopic (exact) mass is 445 g/mol. The lowest BCUT2D eigenvalue weighted by atomic mass is 10.1. The zero-order chi connectivity index (χ0) is 22.9. The fraction of sp³-hybridized carbons (Fsp3) is 0.500. The molecule has 2 aromatic rings. The van der Waals surface area contributed by atoms with Crippen molar-refractivity contribution in [3.63, 3.8) is 0 Å². The Kier molecular flexibility index (Phi) is 6.11. The lowest BCUT2D eigenvalue weighted by Gasteiger charge is -2.38. The SMILES string of the molecule is Cc1cc(N2CCN(c3ccc(C#N)cc3C(F)(F)F)CC2)nc(N2CCN(C)CC2)n1. The highest BCUT2D eigenvalue weighted by Gasteiger charge is 2.36. The number of aryl methyl sites for hydroxylation is 1. The maximum absolute atomic E-state index is 13.6. The zero-order valence-corrected chi connectivity index (χ0v) is 18.2. The van der Waals surface area contributed by atoms with Crippen LogP contribution in [0.3, 0.4) is 0 Å². The molecule has 32 heavy (non-hydrogen) atoms. The van der Waals surface area contributed by atoms with Gasteiger partial charge in [0.15, 0.2) is 0 Å². The van der Waals surface area contributed by atoms with Gasteiger partial charge in [-0.1, -0.05) is 0 Å². The Hall–Kier alpha value is -3.06. The summed E-state index contributed by atoms with van der Waals surface area (Å²) < 4.78 is 40.7. The number of rotatable bonds is 3. The first-order valence-corrected chi connectivity index (χ1v) is 10.6. The summed E-state index contributed by atoms with van der Waals surface area (Å²) in [6, 6.07) is 7.49. The second kappa shape index (κ2) is 8.82. The predicted molar refractivity (Wildman–Crippen MR) is 117 cm³/mol. The molecule has 0 bridgehead atoms. The minimum absolute atomic E-state index is 0.00704. The van der Waals surface area contributed by atoms with Gasteiger partial charge in [-0.2, -0.15) is 23.4 Å². The smallest absolute Gasteiger partial charge is 0.367 e. The number of hydrogen-bond acceptors (Lipinski definition) is 7. The Labute approximate surface area is 185 Å². The fourth-order valence-electron chi connectivity index (χ4n) is 4.13. The summed E-state index contributed by atoms with van der Waals surface area (Å²) in [7, 11) is 2.09. The van der Waals surface area contributed by atoms with Crippen molar-refractivity contribution in [1.29, 1.82) is 5.26 Å². The van der Waals surface area contributed by atoms with Crippen LogP contribution in [0.1, 0.15) is 16.8 Å². The average Bonchev–Trinajstić information content (AvgIpc) is 2.78. The van der Waals surface area contributed by atoms with Gasteiger partial charge in [0.2, 0.25) is 5.95 Å². The third kappa shape index (κ3) is 4.72. The molecule has 1 aromatic carbocycles. The van der Waals surface area contributed by atoms with Crippen molar-refractivity contribution in [3.8, 4) is 6.07 Å². The number of likely N-dealkylation sites (N-methyl/N-ethyl adjacent to an activating group) is 1. The molecule has 2 aliphatic heterocycles. The normalized spacial score (nSPS) is 18.1. The van der Waals surface area contributed by atoms with Crippen LogP contribution < -0.4 is 14.7 Å². The molecule has 10 heteroatoms. The van der Waals surface area contributed by atoms with E-state index in [1.807, 2.05) is 13.0 Å². The predicted octanol–water partition coefficient (Wildman–Crippen LogP) is 2.75. The maximum Gasteiger partial charge on any atom is 0.418 e. The Bertz CT molecular complexity index is 1000. The van der Waals surface area contributed by atoms with E-state index in [1.54, 1.807) is 11.0 Å². The molecule has 0 radical (unpaired) electrons. The van der Waals surface area contributed by atoms with Crippen molar-refractivity contribution in [2.75, 3.05) is 74.1 Å². The molecule has 170 valence electrons. The molecule has 0 unspecified atom stereocenters. The highest BCUT2D eigenvalue weighted by atomic mass is 19.4. The second-order valence-corrected chi connectivity index (χ2v) is 8.27. The van der Waals surface area contributed by atoms with Crippen LogP contribution in [0, 0.1) is 18.3 Å². The molecule has 0 saturated carbocycles. The molecule has 2 fully saturated rings. The van der Waals surface area contributed by atoms with E-state index in [-0.39, 0.29) is 11.3 Å². The second-order valence-electron chi connectivity index (χ2n) is 8.27. The third-order valence-electron chi connectivity index (χ3n) is 5.99. The molecular formula is C22H26F3N7. The van der Waals surface area contributed by atoms with Gasteiger partial charge in [-0.05, 0) is 32.2 Å². The van der Waals surface area contributed by atoms with Crippen molar-refractivity contribution in [2.45, 2.75) is 13.1 Å². The van der Waals surface area contributed by atoms with Crippen LogP contribution in [-0.4, -0.2) is 74.3 Å². The number of benzene rings is 1. The molecule has 2 saturated heterocycles. The van der Waals surface area contributed by atoms with E-state index in [0.717, 1.165) is 43.8 Å².